The first kappa shape index (κ1) is 14.7. The highest BCUT2D eigenvalue weighted by molar-refractivity contribution is 8.00. The minimum Gasteiger partial charge on any atom is -0.397 e. The molecule has 0 radical (unpaired) electrons. The number of pyridine rings is 1. The molecule has 1 saturated heterocycles. The third-order valence-electron chi connectivity index (χ3n) is 3.74. The second kappa shape index (κ2) is 5.85. The van der Waals surface area contributed by atoms with Crippen LogP contribution in [-0.4, -0.2) is 28.4 Å². The van der Waals surface area contributed by atoms with Gasteiger partial charge in [-0.1, -0.05) is 0 Å². The van der Waals surface area contributed by atoms with Gasteiger partial charge in [0.15, 0.2) is 0 Å². The second-order valence-corrected chi connectivity index (χ2v) is 7.87. The van der Waals surface area contributed by atoms with E-state index in [1.165, 1.54) is 29.9 Å². The Morgan fingerprint density at radius 1 is 1.52 bits per heavy atom. The fourth-order valence-electron chi connectivity index (χ4n) is 2.74. The lowest BCUT2D eigenvalue weighted by molar-refractivity contribution is 0.0958. The lowest BCUT2D eigenvalue weighted by Gasteiger charge is -2.09. The van der Waals surface area contributed by atoms with Crippen LogP contribution in [0.2, 0.25) is 0 Å². The molecule has 4 nitrogen and oxygen atoms in total. The maximum atomic E-state index is 12.4. The van der Waals surface area contributed by atoms with E-state index >= 15 is 0 Å². The van der Waals surface area contributed by atoms with Crippen LogP contribution in [-0.2, 0) is 0 Å². The molecule has 3 N–H and O–H groups in total. The molecule has 21 heavy (non-hydrogen) atoms. The number of carbonyl (C=O) groups is 1. The van der Waals surface area contributed by atoms with Gasteiger partial charge in [-0.3, -0.25) is 9.78 Å². The Balaban J connectivity index is 1.84. The van der Waals surface area contributed by atoms with Crippen molar-refractivity contribution in [2.45, 2.75) is 31.9 Å². The van der Waals surface area contributed by atoms with E-state index in [0.717, 1.165) is 28.0 Å². The van der Waals surface area contributed by atoms with Gasteiger partial charge in [-0.05, 0) is 38.5 Å². The van der Waals surface area contributed by atoms with Crippen molar-refractivity contribution in [3.05, 3.63) is 22.3 Å². The Morgan fingerprint density at radius 2 is 2.33 bits per heavy atom. The van der Waals surface area contributed by atoms with Gasteiger partial charge in [0.25, 0.3) is 5.91 Å². The Kier molecular flexibility index (Phi) is 4.08. The molecule has 0 bridgehead atoms. The Hall–Kier alpha value is -1.27. The van der Waals surface area contributed by atoms with Crippen LogP contribution in [0.25, 0.3) is 10.1 Å². The molecule has 1 aliphatic rings. The van der Waals surface area contributed by atoms with Crippen molar-refractivity contribution in [2.75, 3.05) is 18.0 Å². The molecule has 2 aromatic rings. The zero-order chi connectivity index (χ0) is 15.0. The van der Waals surface area contributed by atoms with E-state index in [0.29, 0.717) is 15.8 Å². The molecule has 0 aromatic carbocycles. The number of amides is 1. The molecule has 3 rings (SSSR count). The van der Waals surface area contributed by atoms with Crippen LogP contribution in [0.4, 0.5) is 5.69 Å². The Morgan fingerprint density at radius 3 is 3.05 bits per heavy atom. The highest BCUT2D eigenvalue weighted by Gasteiger charge is 2.21. The monoisotopic (exact) mass is 321 g/mol. The summed E-state index contributed by atoms with van der Waals surface area (Å²) in [4.78, 5) is 17.4. The minimum absolute atomic E-state index is 0.0572. The summed E-state index contributed by atoms with van der Waals surface area (Å²) in [5, 5.41) is 4.50. The van der Waals surface area contributed by atoms with Crippen LogP contribution in [0.1, 0.15) is 33.9 Å². The summed E-state index contributed by atoms with van der Waals surface area (Å²) in [6.45, 7) is 4.63. The summed E-state index contributed by atoms with van der Waals surface area (Å²) in [5.74, 6) is 1.15. The number of hydrogen-bond acceptors (Lipinski definition) is 5. The molecule has 3 heterocycles. The van der Waals surface area contributed by atoms with Crippen LogP contribution in [0.5, 0.6) is 0 Å². The van der Waals surface area contributed by atoms with Gasteiger partial charge >= 0.3 is 0 Å². The summed E-state index contributed by atoms with van der Waals surface area (Å²) in [7, 11) is 0. The number of carbonyl (C=O) groups excluding carboxylic acids is 1. The molecule has 1 unspecified atom stereocenters. The lowest BCUT2D eigenvalue weighted by Crippen LogP contribution is -2.29. The topological polar surface area (TPSA) is 68.0 Å². The highest BCUT2D eigenvalue weighted by atomic mass is 32.2. The maximum Gasteiger partial charge on any atom is 0.263 e. The van der Waals surface area contributed by atoms with Gasteiger partial charge in [0.05, 0.1) is 5.69 Å². The average molecular weight is 321 g/mol. The molecule has 0 spiro atoms. The fourth-order valence-corrected chi connectivity index (χ4v) is 5.13. The normalized spacial score (nSPS) is 18.3. The number of thiophene rings is 1. The molecule has 1 amide bonds. The van der Waals surface area contributed by atoms with E-state index in [-0.39, 0.29) is 5.91 Å². The number of nitrogens with zero attached hydrogens (tertiary/aromatic N) is 1. The SMILES string of the molecule is Cc1cc2sc(C(=O)NCC3CCCS3)c(N)c2c(C)n1. The van der Waals surface area contributed by atoms with Gasteiger partial charge in [-0.25, -0.2) is 0 Å². The molecular weight excluding hydrogens is 302 g/mol. The van der Waals surface area contributed by atoms with Gasteiger partial charge in [0.2, 0.25) is 0 Å². The summed E-state index contributed by atoms with van der Waals surface area (Å²) in [6, 6.07) is 1.99. The number of nitrogens with two attached hydrogens (primary N) is 1. The smallest absolute Gasteiger partial charge is 0.263 e. The van der Waals surface area contributed by atoms with E-state index in [2.05, 4.69) is 10.3 Å². The van der Waals surface area contributed by atoms with E-state index in [1.807, 2.05) is 31.7 Å². The van der Waals surface area contributed by atoms with Crippen LogP contribution in [0.15, 0.2) is 6.07 Å². The average Bonchev–Trinajstić information content (AvgIpc) is 3.04. The van der Waals surface area contributed by atoms with E-state index in [1.54, 1.807) is 0 Å². The van der Waals surface area contributed by atoms with E-state index < -0.39 is 0 Å². The zero-order valence-corrected chi connectivity index (χ0v) is 13.9. The number of nitrogen functional groups attached to an aromatic ring is 1. The van der Waals surface area contributed by atoms with Crippen molar-refractivity contribution < 1.29 is 4.79 Å². The minimum atomic E-state index is -0.0572. The third kappa shape index (κ3) is 2.87. The van der Waals surface area contributed by atoms with Crippen LogP contribution in [0.3, 0.4) is 0 Å². The van der Waals surface area contributed by atoms with Crippen molar-refractivity contribution in [1.82, 2.24) is 10.3 Å². The van der Waals surface area contributed by atoms with Crippen molar-refractivity contribution in [2.24, 2.45) is 0 Å². The van der Waals surface area contributed by atoms with Crippen LogP contribution >= 0.6 is 23.1 Å². The van der Waals surface area contributed by atoms with Gasteiger partial charge in [-0.2, -0.15) is 11.8 Å². The Labute approximate surface area is 132 Å². The predicted octanol–water partition coefficient (Wildman–Crippen LogP) is 3.12. The first-order chi connectivity index (χ1) is 10.1. The number of aryl methyl sites for hydroxylation is 2. The summed E-state index contributed by atoms with van der Waals surface area (Å²) in [6.07, 6.45) is 2.44. The number of anilines is 1. The summed E-state index contributed by atoms with van der Waals surface area (Å²) in [5.41, 5.74) is 8.59. The summed E-state index contributed by atoms with van der Waals surface area (Å²) >= 11 is 3.40. The van der Waals surface area contributed by atoms with Crippen molar-refractivity contribution in [1.29, 1.82) is 0 Å². The number of aromatic nitrogens is 1. The lowest BCUT2D eigenvalue weighted by atomic mass is 10.2. The van der Waals surface area contributed by atoms with Crippen molar-refractivity contribution >= 4 is 44.8 Å². The number of thioether (sulfide) groups is 1. The molecular formula is C15H19N3OS2. The fraction of sp³-hybridized carbons (Fsp3) is 0.467. The second-order valence-electron chi connectivity index (χ2n) is 5.41. The van der Waals surface area contributed by atoms with Crippen LogP contribution in [0, 0.1) is 13.8 Å². The first-order valence-electron chi connectivity index (χ1n) is 7.12. The molecule has 6 heteroatoms. The largest absolute Gasteiger partial charge is 0.397 e. The van der Waals surface area contributed by atoms with Crippen LogP contribution < -0.4 is 11.1 Å². The molecule has 2 aromatic heterocycles. The van der Waals surface area contributed by atoms with Crippen molar-refractivity contribution in [3.8, 4) is 0 Å². The molecule has 0 saturated carbocycles. The number of fused-ring (bicyclic) bond motifs is 1. The molecule has 112 valence electrons. The molecule has 0 aliphatic carbocycles. The van der Waals surface area contributed by atoms with Gasteiger partial charge < -0.3 is 11.1 Å². The number of rotatable bonds is 3. The quantitative estimate of drug-likeness (QED) is 0.911. The standard InChI is InChI=1S/C15H19N3OS2/c1-8-6-11-12(9(2)18-8)13(16)14(21-11)15(19)17-7-10-4-3-5-20-10/h6,10H,3-5,7,16H2,1-2H3,(H,17,19). The molecule has 1 aliphatic heterocycles. The molecule has 1 atom stereocenters. The highest BCUT2D eigenvalue weighted by Crippen LogP contribution is 2.35. The van der Waals surface area contributed by atoms with Gasteiger partial charge in [-0.15, -0.1) is 11.3 Å². The third-order valence-corrected chi connectivity index (χ3v) is 6.29. The summed E-state index contributed by atoms with van der Waals surface area (Å²) < 4.78 is 1.04. The number of hydrogen-bond donors (Lipinski definition) is 2. The number of nitrogens with one attached hydrogen (secondary N) is 1. The van der Waals surface area contributed by atoms with Gasteiger partial charge in [0, 0.05) is 33.3 Å². The zero-order valence-electron chi connectivity index (χ0n) is 12.2. The predicted molar refractivity (Wildman–Crippen MR) is 91.3 cm³/mol. The van der Waals surface area contributed by atoms with Gasteiger partial charge in [0.1, 0.15) is 4.88 Å². The van der Waals surface area contributed by atoms with E-state index in [4.69, 9.17) is 5.73 Å². The van der Waals surface area contributed by atoms with Crippen molar-refractivity contribution in [3.63, 3.8) is 0 Å². The maximum absolute atomic E-state index is 12.4. The first-order valence-corrected chi connectivity index (χ1v) is 8.99. The Bertz CT molecular complexity index is 690. The molecule has 1 fully saturated rings. The van der Waals surface area contributed by atoms with E-state index in [9.17, 15) is 4.79 Å².